The zero-order valence-corrected chi connectivity index (χ0v) is 20.2. The summed E-state index contributed by atoms with van der Waals surface area (Å²) in [5, 5.41) is 11.1. The highest BCUT2D eigenvalue weighted by Crippen LogP contribution is 2.73. The van der Waals surface area contributed by atoms with Gasteiger partial charge in [0.05, 0.1) is 17.8 Å². The fourth-order valence-corrected chi connectivity index (χ4v) is 9.57. The van der Waals surface area contributed by atoms with Crippen LogP contribution in [0.4, 0.5) is 0 Å². The molecule has 0 radical (unpaired) electrons. The Morgan fingerprint density at radius 3 is 2.45 bits per heavy atom. The second-order valence-electron chi connectivity index (χ2n) is 12.6. The minimum absolute atomic E-state index is 0.0928. The van der Waals surface area contributed by atoms with Crippen molar-refractivity contribution < 1.29 is 19.1 Å². The van der Waals surface area contributed by atoms with Gasteiger partial charge in [-0.15, -0.1) is 0 Å². The van der Waals surface area contributed by atoms with Crippen LogP contribution in [0.15, 0.2) is 16.7 Å². The number of hydrogen-bond donors (Lipinski definition) is 1. The van der Waals surface area contributed by atoms with Gasteiger partial charge in [-0.2, -0.15) is 0 Å². The van der Waals surface area contributed by atoms with Crippen molar-refractivity contribution in [2.45, 2.75) is 104 Å². The lowest BCUT2D eigenvalue weighted by atomic mass is 9.35. The van der Waals surface area contributed by atoms with Gasteiger partial charge in [0.15, 0.2) is 0 Å². The molecule has 1 aromatic heterocycles. The second-order valence-corrected chi connectivity index (χ2v) is 12.6. The average molecular weight is 429 g/mol. The minimum Gasteiger partial charge on any atom is -0.468 e. The van der Waals surface area contributed by atoms with Crippen molar-refractivity contribution in [2.75, 3.05) is 0 Å². The zero-order valence-electron chi connectivity index (χ0n) is 20.2. The van der Waals surface area contributed by atoms with Crippen LogP contribution < -0.4 is 0 Å². The third-order valence-electron chi connectivity index (χ3n) is 10.8. The predicted octanol–water partition coefficient (Wildman–Crippen LogP) is 6.17. The van der Waals surface area contributed by atoms with Crippen LogP contribution >= 0.6 is 0 Å². The lowest BCUT2D eigenvalue weighted by Crippen LogP contribution is -2.67. The molecule has 4 aliphatic rings. The number of carbonyl (C=O) groups is 1. The first-order valence-corrected chi connectivity index (χ1v) is 12.4. The van der Waals surface area contributed by atoms with Crippen LogP contribution in [0, 0.1) is 34.0 Å². The normalized spacial score (nSPS) is 48.0. The van der Waals surface area contributed by atoms with Gasteiger partial charge in [-0.05, 0) is 85.5 Å². The molecule has 31 heavy (non-hydrogen) atoms. The van der Waals surface area contributed by atoms with Crippen molar-refractivity contribution in [2.24, 2.45) is 34.0 Å². The monoisotopic (exact) mass is 428 g/mol. The second kappa shape index (κ2) is 6.62. The number of hydrogen-bond acceptors (Lipinski definition) is 4. The van der Waals surface area contributed by atoms with E-state index in [0.29, 0.717) is 17.3 Å². The van der Waals surface area contributed by atoms with Crippen molar-refractivity contribution in [3.63, 3.8) is 0 Å². The van der Waals surface area contributed by atoms with Crippen molar-refractivity contribution in [3.8, 4) is 0 Å². The Morgan fingerprint density at radius 2 is 1.74 bits per heavy atom. The molecule has 1 N–H and O–H groups in total. The highest BCUT2D eigenvalue weighted by atomic mass is 16.5. The Kier molecular flexibility index (Phi) is 4.60. The average Bonchev–Trinajstić information content (AvgIpc) is 3.16. The van der Waals surface area contributed by atoms with Crippen molar-refractivity contribution in [1.82, 2.24) is 0 Å². The first-order chi connectivity index (χ1) is 14.4. The fourth-order valence-electron chi connectivity index (χ4n) is 9.57. The van der Waals surface area contributed by atoms with Crippen LogP contribution in [0.3, 0.4) is 0 Å². The van der Waals surface area contributed by atoms with Gasteiger partial charge in [0.25, 0.3) is 0 Å². The summed E-state index contributed by atoms with van der Waals surface area (Å²) >= 11 is 0. The summed E-state index contributed by atoms with van der Waals surface area (Å²) in [4.78, 5) is 12.2. The summed E-state index contributed by atoms with van der Waals surface area (Å²) in [5.41, 5.74) is 1.17. The van der Waals surface area contributed by atoms with E-state index in [9.17, 15) is 9.90 Å². The standard InChI is InChI=1S/C27H40O4/c1-16(28)31-22-15-20-25(4)11-7-10-24(2,3)19(25)8-12-26(20,5)21-14-18(29)17-9-13-30-23(17)27(21,22)6/h9,13,18-22,29H,7-8,10-12,14-15H2,1-6H3/t18-,19?,20?,21?,22-,25-,26+,27+/m0/s1. The van der Waals surface area contributed by atoms with E-state index < -0.39 is 11.5 Å². The van der Waals surface area contributed by atoms with E-state index in [1.165, 1.54) is 39.0 Å². The Labute approximate surface area is 187 Å². The quantitative estimate of drug-likeness (QED) is 0.543. The van der Waals surface area contributed by atoms with E-state index >= 15 is 0 Å². The molecule has 0 aromatic carbocycles. The summed E-state index contributed by atoms with van der Waals surface area (Å²) < 4.78 is 12.2. The molecular weight excluding hydrogens is 388 g/mol. The van der Waals surface area contributed by atoms with Crippen LogP contribution in [0.5, 0.6) is 0 Å². The number of aliphatic hydroxyl groups is 1. The van der Waals surface area contributed by atoms with E-state index in [0.717, 1.165) is 24.2 Å². The van der Waals surface area contributed by atoms with Crippen LogP contribution in [0.2, 0.25) is 0 Å². The topological polar surface area (TPSA) is 59.7 Å². The molecule has 172 valence electrons. The first kappa shape index (κ1) is 21.6. The number of carbonyl (C=O) groups excluding carboxylic acids is 1. The molecule has 0 bridgehead atoms. The van der Waals surface area contributed by atoms with Crippen LogP contribution in [0.25, 0.3) is 0 Å². The Morgan fingerprint density at radius 1 is 1.03 bits per heavy atom. The first-order valence-electron chi connectivity index (χ1n) is 12.4. The Bertz CT molecular complexity index is 886. The van der Waals surface area contributed by atoms with Crippen molar-refractivity contribution in [3.05, 3.63) is 23.7 Å². The van der Waals surface area contributed by atoms with E-state index in [4.69, 9.17) is 9.15 Å². The van der Waals surface area contributed by atoms with Gasteiger partial charge in [0.1, 0.15) is 11.9 Å². The highest BCUT2D eigenvalue weighted by Gasteiger charge is 2.69. The largest absolute Gasteiger partial charge is 0.468 e. The SMILES string of the molecule is CC(=O)O[C@H]1CC2[C@@]3(C)CCCC(C)(C)C3CC[C@@]2(C)C2C[C@H](O)c3ccoc3[C@]21C. The Hall–Kier alpha value is -1.29. The van der Waals surface area contributed by atoms with Gasteiger partial charge >= 0.3 is 5.97 Å². The third-order valence-corrected chi connectivity index (χ3v) is 10.8. The summed E-state index contributed by atoms with van der Waals surface area (Å²) in [6.45, 7) is 13.7. The maximum Gasteiger partial charge on any atom is 0.302 e. The van der Waals surface area contributed by atoms with Gasteiger partial charge in [-0.25, -0.2) is 0 Å². The van der Waals surface area contributed by atoms with E-state index in [2.05, 4.69) is 34.6 Å². The number of rotatable bonds is 1. The summed E-state index contributed by atoms with van der Waals surface area (Å²) in [7, 11) is 0. The van der Waals surface area contributed by atoms with Crippen molar-refractivity contribution >= 4 is 5.97 Å². The third kappa shape index (κ3) is 2.72. The molecule has 4 nitrogen and oxygen atoms in total. The zero-order chi connectivity index (χ0) is 22.4. The van der Waals surface area contributed by atoms with Crippen molar-refractivity contribution in [1.29, 1.82) is 0 Å². The highest BCUT2D eigenvalue weighted by molar-refractivity contribution is 5.66. The molecule has 4 aliphatic carbocycles. The number of ether oxygens (including phenoxy) is 1. The maximum atomic E-state index is 12.2. The van der Waals surface area contributed by atoms with Gasteiger partial charge in [0.2, 0.25) is 0 Å². The molecule has 3 saturated carbocycles. The molecule has 4 heteroatoms. The molecule has 5 rings (SSSR count). The number of furan rings is 1. The molecular formula is C27H40O4. The van der Waals surface area contributed by atoms with Gasteiger partial charge in [-0.3, -0.25) is 4.79 Å². The van der Waals surface area contributed by atoms with Crippen LogP contribution in [-0.4, -0.2) is 17.2 Å². The molecule has 1 aromatic rings. The number of aliphatic hydroxyl groups excluding tert-OH is 1. The molecule has 0 amide bonds. The van der Waals surface area contributed by atoms with E-state index in [1.807, 2.05) is 6.07 Å². The molecule has 0 spiro atoms. The lowest BCUT2D eigenvalue weighted by Gasteiger charge is -2.69. The molecule has 0 aliphatic heterocycles. The Balaban J connectivity index is 1.66. The molecule has 3 fully saturated rings. The van der Waals surface area contributed by atoms with Gasteiger partial charge in [0, 0.05) is 12.5 Å². The van der Waals surface area contributed by atoms with Crippen LogP contribution in [-0.2, 0) is 14.9 Å². The molecule has 0 saturated heterocycles. The predicted molar refractivity (Wildman–Crippen MR) is 119 cm³/mol. The number of esters is 1. The number of fused-ring (bicyclic) bond motifs is 7. The minimum atomic E-state index is -0.506. The maximum absolute atomic E-state index is 12.2. The summed E-state index contributed by atoms with van der Waals surface area (Å²) in [5.74, 6) is 2.03. The fraction of sp³-hybridized carbons (Fsp3) is 0.815. The van der Waals surface area contributed by atoms with Gasteiger partial charge < -0.3 is 14.3 Å². The summed E-state index contributed by atoms with van der Waals surface area (Å²) in [6.07, 6.45) is 8.85. The van der Waals surface area contributed by atoms with Gasteiger partial charge in [-0.1, -0.05) is 34.1 Å². The van der Waals surface area contributed by atoms with E-state index in [-0.39, 0.29) is 28.8 Å². The smallest absolute Gasteiger partial charge is 0.302 e. The lowest BCUT2D eigenvalue weighted by molar-refractivity contribution is -0.223. The van der Waals surface area contributed by atoms with Crippen LogP contribution in [0.1, 0.15) is 104 Å². The summed E-state index contributed by atoms with van der Waals surface area (Å²) in [6, 6.07) is 1.91. The molecule has 1 heterocycles. The van der Waals surface area contributed by atoms with E-state index in [1.54, 1.807) is 6.26 Å². The molecule has 8 atom stereocenters. The molecule has 3 unspecified atom stereocenters.